The maximum absolute atomic E-state index is 4.93. The van der Waals surface area contributed by atoms with Crippen LogP contribution >= 0.6 is 68.1 Å². The summed E-state index contributed by atoms with van der Waals surface area (Å²) in [5, 5.41) is 0. The zero-order valence-corrected chi connectivity index (χ0v) is 107. The van der Waals surface area contributed by atoms with Crippen molar-refractivity contribution >= 4 is 100 Å². The molecule has 0 aromatic heterocycles. The fraction of sp³-hybridized carbons (Fsp3) is 0.586. The van der Waals surface area contributed by atoms with Crippen LogP contribution in [0.3, 0.4) is 0 Å². The van der Waals surface area contributed by atoms with Gasteiger partial charge in [0.1, 0.15) is 0 Å². The number of unbranched alkanes of at least 4 members (excludes halogenated alkanes) is 2. The predicted molar refractivity (Wildman–Crippen MR) is 602 cm³/mol. The van der Waals surface area contributed by atoms with E-state index in [9.17, 15) is 0 Å². The summed E-state index contributed by atoms with van der Waals surface area (Å²) < 4.78 is 0. The van der Waals surface area contributed by atoms with Crippen LogP contribution in [0.4, 0.5) is 0 Å². The summed E-state index contributed by atoms with van der Waals surface area (Å²) >= 11 is -3.30. The van der Waals surface area contributed by atoms with Crippen LogP contribution in [0.15, 0.2) is 243 Å². The number of allylic oxidation sites excluding steroid dienone is 36. The Morgan fingerprint density at radius 2 is 0.477 bits per heavy atom. The van der Waals surface area contributed by atoms with Gasteiger partial charge in [-0.2, -0.15) is 0 Å². The molecule has 16 aliphatic rings. The van der Waals surface area contributed by atoms with E-state index in [1.165, 1.54) is 152 Å². The Morgan fingerprint density at radius 1 is 0.280 bits per heavy atom. The molecule has 132 heavy (non-hydrogen) atoms. The van der Waals surface area contributed by atoms with Gasteiger partial charge in [-0.3, -0.25) is 0 Å². The van der Waals surface area contributed by atoms with E-state index >= 15 is 0 Å². The van der Waals surface area contributed by atoms with Gasteiger partial charge >= 0.3 is 151 Å². The van der Waals surface area contributed by atoms with Crippen molar-refractivity contribution < 1.29 is 83.4 Å². The molecule has 0 spiro atoms. The summed E-state index contributed by atoms with van der Waals surface area (Å²) in [4.78, 5) is 0. The Bertz CT molecular complexity index is 3890. The molecule has 0 radical (unpaired) electrons. The van der Waals surface area contributed by atoms with Crippen molar-refractivity contribution in [3.05, 3.63) is 302 Å². The van der Waals surface area contributed by atoms with Gasteiger partial charge in [0.05, 0.1) is 32.3 Å². The molecule has 26 atom stereocenters. The number of halogens is 8. The average molecular weight is 2340 g/mol. The number of hydrogen-bond donors (Lipinski definition) is 0. The third-order valence-electron chi connectivity index (χ3n) is 34.7. The normalized spacial score (nSPS) is 33.6. The van der Waals surface area contributed by atoms with Gasteiger partial charge in [-0.1, -0.05) is 364 Å². The Kier molecular flexibility index (Phi) is 62.3. The molecule has 736 valence electrons. The van der Waals surface area contributed by atoms with Gasteiger partial charge in [0.2, 0.25) is 0 Å². The van der Waals surface area contributed by atoms with Crippen molar-refractivity contribution in [2.45, 2.75) is 293 Å². The SMILES string of the molecule is C=CCCC1CCC([Si](C)(C)C2C3C=C(C)C=CC3C3C=CC(C(C)(C)C)=CC32)C1.C=CCCC1CCC([Si](C)(C)C2C3C=CC=CC3C3C=CC=CC32)C1.C=CCCCC1CCC([Si](C)(C)C2C3C=C(C)C=CC3C3C=CC(C(C)(C)C)=CC32)C1.C=CCCCC1CCC([Si](C)(C)C2C3C=CC=CC3C3C=CC=CC32)C1.[CH3-].[CH3-].[CH3-].[CH3-].[CH3-].[CH3-].[CH3-].[CH3-].[Cl][Zr+2][Cl].[Cl][Zr+2][Cl].[Cl][Zr+2][Cl].[Cl][Zr+2][Cl]. The van der Waals surface area contributed by atoms with E-state index in [0.717, 1.165) is 139 Å². The molecule has 16 rings (SSSR count). The van der Waals surface area contributed by atoms with Gasteiger partial charge in [-0.15, -0.1) is 26.3 Å². The molecule has 26 unspecified atom stereocenters. The number of fused-ring (bicyclic) bond motifs is 12. The predicted octanol–water partition coefficient (Wildman–Crippen LogP) is 41.2. The van der Waals surface area contributed by atoms with Crippen molar-refractivity contribution in [2.75, 3.05) is 0 Å². The second-order valence-electron chi connectivity index (χ2n) is 44.7. The Hall–Kier alpha value is 1.52. The molecule has 0 N–H and O–H groups in total. The molecule has 0 aliphatic heterocycles. The number of rotatable bonds is 22. The number of hydrogen-bond acceptors (Lipinski definition) is 0. The molecule has 16 heteroatoms. The summed E-state index contributed by atoms with van der Waals surface area (Å²) in [5.41, 5.74) is 14.2. The van der Waals surface area contributed by atoms with Crippen LogP contribution in [-0.2, 0) is 83.4 Å². The summed E-state index contributed by atoms with van der Waals surface area (Å²) in [5.74, 6) is 15.8. The van der Waals surface area contributed by atoms with Crippen LogP contribution < -0.4 is 0 Å². The second kappa shape index (κ2) is 62.5. The molecule has 8 saturated carbocycles. The zero-order valence-electron chi connectivity index (χ0n) is 87.0. The molecule has 0 amide bonds. The average Bonchev–Trinajstić information content (AvgIpc) is 1.58. The molecule has 0 aromatic rings. The Morgan fingerprint density at radius 3 is 0.705 bits per heavy atom. The Labute approximate surface area is 897 Å². The molecule has 16 aliphatic carbocycles. The topological polar surface area (TPSA) is 0 Å². The minimum absolute atomic E-state index is 0. The molecular weight excluding hydrogens is 2150 g/mol. The first kappa shape index (κ1) is 132. The van der Waals surface area contributed by atoms with E-state index in [-0.39, 0.29) is 70.2 Å². The van der Waals surface area contributed by atoms with E-state index in [0.29, 0.717) is 23.7 Å². The summed E-state index contributed by atoms with van der Waals surface area (Å²) in [6.45, 7) is 56.7. The van der Waals surface area contributed by atoms with Gasteiger partial charge < -0.3 is 59.4 Å². The first-order chi connectivity index (χ1) is 59.2. The van der Waals surface area contributed by atoms with Crippen molar-refractivity contribution in [2.24, 2.45) is 129 Å². The van der Waals surface area contributed by atoms with E-state index < -0.39 is 116 Å². The molecular formula is C116H184Cl8Si4Zr4. The van der Waals surface area contributed by atoms with Crippen LogP contribution in [0, 0.1) is 189 Å². The quantitative estimate of drug-likeness (QED) is 0.0439. The van der Waals surface area contributed by atoms with Gasteiger partial charge in [0.25, 0.3) is 0 Å². The molecule has 0 aromatic carbocycles. The van der Waals surface area contributed by atoms with Gasteiger partial charge in [-0.25, -0.2) is 0 Å². The fourth-order valence-electron chi connectivity index (χ4n) is 28.6. The van der Waals surface area contributed by atoms with Gasteiger partial charge in [0.15, 0.2) is 0 Å². The first-order valence-corrected chi connectivity index (χ1v) is 86.3. The molecule has 0 heterocycles. The summed E-state index contributed by atoms with van der Waals surface area (Å²) in [7, 11) is 33.9. The Balaban J connectivity index is 0.000000830. The molecule has 0 nitrogen and oxygen atoms in total. The van der Waals surface area contributed by atoms with Crippen molar-refractivity contribution in [3.8, 4) is 0 Å². The van der Waals surface area contributed by atoms with E-state index in [4.69, 9.17) is 68.1 Å². The molecule has 0 saturated heterocycles. The standard InChI is InChI=1S/C30H46Si.C29H44Si.C25H36Si.C24H34Si.8CH3.8ClH.4Zr/c1-8-9-10-11-22-13-15-24(19-22)31(6,7)29-27-18-21(2)12-16-25(27)26-17-14-23(20-28(26)29)30(3,4)5;1-8-9-10-21-12-14-23(18-21)30(6,7)28-26-17-20(2)11-15-24(26)25-16-13-22(19-27(25)28)29(3,4)5;1-4-5-6-11-19-16-17-20(18-19)26(2,3)25-23-14-9-7-12-21(23)22-13-8-10-15-24(22)25;1-4-5-10-18-15-16-19(17-18)25(2,3)24-22-13-8-6-11-20(22)21-12-7-9-14-23(21)24;;;;;;;;;;;;;;;;;;;;/h8,12,14,16-18,20,22,24-29H,1,9-11,13,15,19H2,2-7H3;8,11,13,15-17,19,21,23-28H,1,9-10,12,14,18H2,2-7H3;4,7-10,12-15,19-25H,1,5-6,11,16-18H2,2-3H3;4,6-9,11-14,18-24H,1,5,10,15-17H2,2-3H3;8*1H3;8*1H;;;;/q;;;;8*-1;;;;;;;;;4*+4/p-8. The van der Waals surface area contributed by atoms with Crippen molar-refractivity contribution in [1.82, 2.24) is 0 Å². The molecule has 0 bridgehead atoms. The van der Waals surface area contributed by atoms with Gasteiger partial charge in [0, 0.05) is 0 Å². The first-order valence-electron chi connectivity index (χ1n) is 48.4. The zero-order chi connectivity index (χ0) is 90.5. The fourth-order valence-corrected chi connectivity index (χ4v) is 48.7. The third kappa shape index (κ3) is 33.3. The van der Waals surface area contributed by atoms with Crippen LogP contribution in [-0.4, -0.2) is 32.3 Å². The van der Waals surface area contributed by atoms with Gasteiger partial charge in [-0.05, 0) is 276 Å². The van der Waals surface area contributed by atoms with E-state index in [1.54, 1.807) is 11.1 Å². The van der Waals surface area contributed by atoms with E-state index in [1.807, 2.05) is 0 Å². The minimum atomic E-state index is -1.44. The second-order valence-corrected chi connectivity index (χ2v) is 80.1. The van der Waals surface area contributed by atoms with Crippen LogP contribution in [0.2, 0.25) is 96.7 Å². The summed E-state index contributed by atoms with van der Waals surface area (Å²) in [6.07, 6.45) is 109. The third-order valence-corrected chi connectivity index (χ3v) is 55.2. The molecule has 8 fully saturated rings. The van der Waals surface area contributed by atoms with Crippen molar-refractivity contribution in [1.29, 1.82) is 0 Å². The van der Waals surface area contributed by atoms with Crippen LogP contribution in [0.1, 0.15) is 197 Å². The van der Waals surface area contributed by atoms with Crippen molar-refractivity contribution in [3.63, 3.8) is 0 Å². The van der Waals surface area contributed by atoms with E-state index in [2.05, 4.69) is 329 Å². The van der Waals surface area contributed by atoms with Crippen LogP contribution in [0.25, 0.3) is 0 Å². The monoisotopic (exact) mass is 2330 g/mol. The van der Waals surface area contributed by atoms with Crippen LogP contribution in [0.5, 0.6) is 0 Å². The maximum atomic E-state index is 4.93. The summed E-state index contributed by atoms with van der Waals surface area (Å²) in [6, 6.07) is 0.